The van der Waals surface area contributed by atoms with Crippen LogP contribution in [-0.2, 0) is 12.8 Å². The smallest absolute Gasteiger partial charge is 0.0667 e. The molecule has 29 heavy (non-hydrogen) atoms. The summed E-state index contributed by atoms with van der Waals surface area (Å²) in [5, 5.41) is 5.37. The molecular formula is C28H21B. The molecule has 5 aromatic carbocycles. The maximum atomic E-state index is 2.35. The van der Waals surface area contributed by atoms with Gasteiger partial charge in [-0.05, 0) is 40.5 Å². The molecular weight excluding hydrogens is 347 g/mol. The second-order valence-electron chi connectivity index (χ2n) is 8.06. The Morgan fingerprint density at radius 2 is 0.931 bits per heavy atom. The number of fused-ring (bicyclic) bond motifs is 4. The van der Waals surface area contributed by atoms with Crippen molar-refractivity contribution in [3.8, 4) is 0 Å². The number of aryl methyl sites for hydroxylation is 2. The first-order chi connectivity index (χ1) is 14.4. The summed E-state index contributed by atoms with van der Waals surface area (Å²) in [4.78, 5) is 0. The molecule has 6 rings (SSSR count). The van der Waals surface area contributed by atoms with Gasteiger partial charge in [-0.1, -0.05) is 125 Å². The summed E-state index contributed by atoms with van der Waals surface area (Å²) in [7, 11) is 0. The Labute approximate surface area is 171 Å². The van der Waals surface area contributed by atoms with E-state index in [2.05, 4.69) is 103 Å². The van der Waals surface area contributed by atoms with Gasteiger partial charge in [0.25, 0.3) is 0 Å². The van der Waals surface area contributed by atoms with Crippen LogP contribution in [0.25, 0.3) is 21.5 Å². The topological polar surface area (TPSA) is 0 Å². The predicted octanol–water partition coefficient (Wildman–Crippen LogP) is 4.61. The van der Waals surface area contributed by atoms with Gasteiger partial charge in [0.05, 0.1) is 0 Å². The summed E-state index contributed by atoms with van der Waals surface area (Å²) in [5.74, 6) is 0. The minimum Gasteiger partial charge on any atom is -0.0667 e. The summed E-state index contributed by atoms with van der Waals surface area (Å²) in [6.45, 7) is 0.251. The third-order valence-corrected chi connectivity index (χ3v) is 6.50. The summed E-state index contributed by atoms with van der Waals surface area (Å²) in [5.41, 5.74) is 7.31. The first kappa shape index (κ1) is 16.6. The van der Waals surface area contributed by atoms with Crippen LogP contribution in [0.5, 0.6) is 0 Å². The molecule has 0 fully saturated rings. The minimum absolute atomic E-state index is 0.251. The zero-order valence-electron chi connectivity index (χ0n) is 16.3. The quantitative estimate of drug-likeness (QED) is 0.300. The summed E-state index contributed by atoms with van der Waals surface area (Å²) in [6, 6.07) is 38.2. The van der Waals surface area contributed by atoms with Gasteiger partial charge in [-0.25, -0.2) is 0 Å². The van der Waals surface area contributed by atoms with E-state index in [1.807, 2.05) is 0 Å². The fourth-order valence-electron chi connectivity index (χ4n) is 5.19. The standard InChI is InChI=1S/C28H21B/c1-5-13-24-22(11-1)19-23-12-2-6-14-25(23)28(24)29-26-15-7-3-9-20(26)17-18-21-10-4-8-16-27(21)29/h1-16,19H,17-18H2. The van der Waals surface area contributed by atoms with Crippen molar-refractivity contribution in [3.63, 3.8) is 0 Å². The molecule has 0 bridgehead atoms. The van der Waals surface area contributed by atoms with Crippen LogP contribution in [0.15, 0.2) is 103 Å². The monoisotopic (exact) mass is 368 g/mol. The highest BCUT2D eigenvalue weighted by Crippen LogP contribution is 2.23. The number of benzene rings is 5. The highest BCUT2D eigenvalue weighted by Gasteiger charge is 2.31. The Hall–Kier alpha value is -3.32. The molecule has 0 saturated heterocycles. The molecule has 0 unspecified atom stereocenters. The molecule has 0 spiro atoms. The molecule has 0 nitrogen and oxygen atoms in total. The van der Waals surface area contributed by atoms with Gasteiger partial charge in [0, 0.05) is 0 Å². The number of hydrogen-bond donors (Lipinski definition) is 0. The van der Waals surface area contributed by atoms with E-state index in [1.54, 1.807) is 0 Å². The Kier molecular flexibility index (Phi) is 3.80. The van der Waals surface area contributed by atoms with Crippen molar-refractivity contribution < 1.29 is 0 Å². The second kappa shape index (κ2) is 6.63. The van der Waals surface area contributed by atoms with E-state index < -0.39 is 0 Å². The normalized spacial score (nSPS) is 13.2. The van der Waals surface area contributed by atoms with Gasteiger partial charge in [-0.15, -0.1) is 0 Å². The first-order valence-electron chi connectivity index (χ1n) is 10.5. The second-order valence-corrected chi connectivity index (χ2v) is 8.06. The van der Waals surface area contributed by atoms with E-state index in [0.29, 0.717) is 0 Å². The van der Waals surface area contributed by atoms with Crippen LogP contribution in [0.1, 0.15) is 11.1 Å². The van der Waals surface area contributed by atoms with E-state index in [1.165, 1.54) is 49.1 Å². The highest BCUT2D eigenvalue weighted by atomic mass is 14.2. The van der Waals surface area contributed by atoms with E-state index in [-0.39, 0.29) is 6.71 Å². The van der Waals surface area contributed by atoms with Crippen molar-refractivity contribution in [3.05, 3.63) is 114 Å². The molecule has 0 aromatic heterocycles. The van der Waals surface area contributed by atoms with Crippen molar-refractivity contribution in [2.75, 3.05) is 0 Å². The molecule has 5 aromatic rings. The fraction of sp³-hybridized carbons (Fsp3) is 0.0714. The van der Waals surface area contributed by atoms with Gasteiger partial charge in [0.15, 0.2) is 0 Å². The summed E-state index contributed by atoms with van der Waals surface area (Å²) in [6.07, 6.45) is 2.21. The SMILES string of the molecule is c1ccc2c(c1)CCc1ccccc1B2c1c2ccccc2cc2ccccc12. The lowest BCUT2D eigenvalue weighted by molar-refractivity contribution is 0.977. The molecule has 0 atom stereocenters. The van der Waals surface area contributed by atoms with Crippen molar-refractivity contribution in [2.24, 2.45) is 0 Å². The average Bonchev–Trinajstić information content (AvgIpc) is 2.94. The van der Waals surface area contributed by atoms with Crippen LogP contribution in [-0.4, -0.2) is 6.71 Å². The molecule has 0 radical (unpaired) electrons. The van der Waals surface area contributed by atoms with Crippen LogP contribution in [0, 0.1) is 0 Å². The van der Waals surface area contributed by atoms with E-state index in [4.69, 9.17) is 0 Å². The third kappa shape index (κ3) is 2.62. The van der Waals surface area contributed by atoms with Gasteiger partial charge >= 0.3 is 0 Å². The van der Waals surface area contributed by atoms with Gasteiger partial charge < -0.3 is 0 Å². The largest absolute Gasteiger partial charge is 0.243 e. The number of hydrogen-bond acceptors (Lipinski definition) is 0. The Morgan fingerprint density at radius 3 is 1.48 bits per heavy atom. The van der Waals surface area contributed by atoms with Crippen LogP contribution < -0.4 is 16.4 Å². The minimum atomic E-state index is 0.251. The lowest BCUT2D eigenvalue weighted by Crippen LogP contribution is -2.53. The van der Waals surface area contributed by atoms with Gasteiger partial charge in [0.2, 0.25) is 6.71 Å². The van der Waals surface area contributed by atoms with Gasteiger partial charge in [-0.3, -0.25) is 0 Å². The molecule has 1 aliphatic rings. The van der Waals surface area contributed by atoms with E-state index >= 15 is 0 Å². The highest BCUT2D eigenvalue weighted by molar-refractivity contribution is 6.98. The Balaban J connectivity index is 1.80. The molecule has 136 valence electrons. The van der Waals surface area contributed by atoms with Gasteiger partial charge in [0.1, 0.15) is 0 Å². The molecule has 1 aliphatic heterocycles. The number of rotatable bonds is 1. The van der Waals surface area contributed by atoms with Crippen LogP contribution >= 0.6 is 0 Å². The zero-order valence-corrected chi connectivity index (χ0v) is 16.3. The van der Waals surface area contributed by atoms with E-state index in [9.17, 15) is 0 Å². The van der Waals surface area contributed by atoms with Crippen LogP contribution in [0.4, 0.5) is 0 Å². The maximum absolute atomic E-state index is 2.35. The third-order valence-electron chi connectivity index (χ3n) is 6.50. The molecule has 1 heterocycles. The lowest BCUT2D eigenvalue weighted by Gasteiger charge is -2.22. The predicted molar refractivity (Wildman–Crippen MR) is 126 cm³/mol. The van der Waals surface area contributed by atoms with Crippen molar-refractivity contribution in [1.29, 1.82) is 0 Å². The molecule has 1 heteroatoms. The van der Waals surface area contributed by atoms with Crippen LogP contribution in [0.2, 0.25) is 0 Å². The van der Waals surface area contributed by atoms with Crippen molar-refractivity contribution in [2.45, 2.75) is 12.8 Å². The Morgan fingerprint density at radius 1 is 0.483 bits per heavy atom. The average molecular weight is 368 g/mol. The van der Waals surface area contributed by atoms with E-state index in [0.717, 1.165) is 12.8 Å². The van der Waals surface area contributed by atoms with Crippen molar-refractivity contribution in [1.82, 2.24) is 0 Å². The van der Waals surface area contributed by atoms with Gasteiger partial charge in [-0.2, -0.15) is 0 Å². The summed E-state index contributed by atoms with van der Waals surface area (Å²) >= 11 is 0. The molecule has 0 saturated carbocycles. The lowest BCUT2D eigenvalue weighted by atomic mass is 9.35. The Bertz CT molecular complexity index is 1260. The van der Waals surface area contributed by atoms with Crippen LogP contribution in [0.3, 0.4) is 0 Å². The fourth-order valence-corrected chi connectivity index (χ4v) is 5.19. The zero-order chi connectivity index (χ0) is 19.2. The molecule has 0 amide bonds. The molecule has 0 N–H and O–H groups in total. The summed E-state index contributed by atoms with van der Waals surface area (Å²) < 4.78 is 0. The molecule has 0 aliphatic carbocycles. The first-order valence-corrected chi connectivity index (χ1v) is 10.5. The van der Waals surface area contributed by atoms with Crippen molar-refractivity contribution >= 4 is 44.6 Å². The maximum Gasteiger partial charge on any atom is 0.243 e.